The summed E-state index contributed by atoms with van der Waals surface area (Å²) in [6.07, 6.45) is 5.29. The number of nitrogens with one attached hydrogen (secondary N) is 2. The van der Waals surface area contributed by atoms with E-state index in [2.05, 4.69) is 39.0 Å². The van der Waals surface area contributed by atoms with Crippen molar-refractivity contribution in [3.05, 3.63) is 41.1 Å². The molecule has 9 heteroatoms. The van der Waals surface area contributed by atoms with Crippen LogP contribution in [0.4, 0.5) is 10.2 Å². The van der Waals surface area contributed by atoms with Crippen LogP contribution in [-0.2, 0) is 21.5 Å². The maximum absolute atomic E-state index is 15.1. The highest BCUT2D eigenvalue weighted by Crippen LogP contribution is 2.39. The van der Waals surface area contributed by atoms with Crippen LogP contribution in [0.15, 0.2) is 24.4 Å². The van der Waals surface area contributed by atoms with Crippen LogP contribution < -0.4 is 10.6 Å². The zero-order valence-corrected chi connectivity index (χ0v) is 20.2. The highest BCUT2D eigenvalue weighted by atomic mass is 35.5. The molecular formula is C25H27ClFN5O2. The van der Waals surface area contributed by atoms with Gasteiger partial charge in [-0.3, -0.25) is 9.59 Å². The van der Waals surface area contributed by atoms with E-state index >= 15 is 4.39 Å². The lowest BCUT2D eigenvalue weighted by Gasteiger charge is -2.22. The largest absolute Gasteiger partial charge is 0.354 e. The number of benzene rings is 1. The van der Waals surface area contributed by atoms with E-state index in [9.17, 15) is 9.59 Å². The van der Waals surface area contributed by atoms with Gasteiger partial charge in [-0.1, -0.05) is 11.6 Å². The van der Waals surface area contributed by atoms with Crippen LogP contribution in [-0.4, -0.2) is 32.4 Å². The van der Waals surface area contributed by atoms with Crippen LogP contribution in [0.2, 0.25) is 5.02 Å². The summed E-state index contributed by atoms with van der Waals surface area (Å²) in [7, 11) is 0. The van der Waals surface area contributed by atoms with Crippen molar-refractivity contribution in [1.29, 1.82) is 0 Å². The minimum absolute atomic E-state index is 0.0123. The van der Waals surface area contributed by atoms with Crippen LogP contribution in [0.3, 0.4) is 0 Å². The predicted molar refractivity (Wildman–Crippen MR) is 129 cm³/mol. The van der Waals surface area contributed by atoms with Crippen molar-refractivity contribution in [3.8, 4) is 11.1 Å². The van der Waals surface area contributed by atoms with E-state index in [4.69, 9.17) is 11.6 Å². The molecule has 0 spiro atoms. The maximum atomic E-state index is 15.1. The Morgan fingerprint density at radius 3 is 2.79 bits per heavy atom. The Kier molecular flexibility index (Phi) is 5.59. The molecule has 1 fully saturated rings. The minimum Gasteiger partial charge on any atom is -0.354 e. The lowest BCUT2D eigenvalue weighted by molar-refractivity contribution is -0.121. The van der Waals surface area contributed by atoms with Gasteiger partial charge >= 0.3 is 0 Å². The molecule has 2 atom stereocenters. The molecule has 3 aromatic rings. The molecule has 7 nitrogen and oxygen atoms in total. The Bertz CT molecular complexity index is 1320. The van der Waals surface area contributed by atoms with E-state index in [1.165, 1.54) is 19.2 Å². The van der Waals surface area contributed by atoms with Crippen molar-refractivity contribution in [2.75, 3.05) is 5.32 Å². The van der Waals surface area contributed by atoms with Crippen molar-refractivity contribution >= 4 is 40.3 Å². The van der Waals surface area contributed by atoms with Gasteiger partial charge in [-0.15, -0.1) is 0 Å². The quantitative estimate of drug-likeness (QED) is 0.557. The zero-order chi connectivity index (χ0) is 24.2. The van der Waals surface area contributed by atoms with Gasteiger partial charge in [-0.2, -0.15) is 0 Å². The van der Waals surface area contributed by atoms with E-state index in [0.717, 1.165) is 30.6 Å². The van der Waals surface area contributed by atoms with Crippen molar-refractivity contribution in [3.63, 3.8) is 0 Å². The molecule has 0 radical (unpaired) electrons. The van der Waals surface area contributed by atoms with Crippen molar-refractivity contribution in [1.82, 2.24) is 19.9 Å². The summed E-state index contributed by atoms with van der Waals surface area (Å²) in [4.78, 5) is 32.9. The fourth-order valence-corrected chi connectivity index (χ4v) is 5.52. The molecular weight excluding hydrogens is 457 g/mol. The normalized spacial score (nSPS) is 21.0. The number of fused-ring (bicyclic) bond motifs is 3. The first-order valence-electron chi connectivity index (χ1n) is 11.6. The predicted octanol–water partition coefficient (Wildman–Crippen LogP) is 4.82. The van der Waals surface area contributed by atoms with Gasteiger partial charge in [0.1, 0.15) is 17.2 Å². The first kappa shape index (κ1) is 22.8. The third-order valence-corrected chi connectivity index (χ3v) is 7.28. The zero-order valence-electron chi connectivity index (χ0n) is 19.4. The van der Waals surface area contributed by atoms with E-state index in [0.29, 0.717) is 40.3 Å². The Hall–Kier alpha value is -3.00. The summed E-state index contributed by atoms with van der Waals surface area (Å²) in [5.41, 5.74) is 2.14. The molecule has 0 bridgehead atoms. The number of aryl methyl sites for hydroxylation is 1. The van der Waals surface area contributed by atoms with Crippen LogP contribution in [0.1, 0.15) is 52.3 Å². The van der Waals surface area contributed by atoms with Gasteiger partial charge in [0, 0.05) is 42.6 Å². The van der Waals surface area contributed by atoms with Crippen molar-refractivity contribution < 1.29 is 14.0 Å². The van der Waals surface area contributed by atoms with Crippen LogP contribution >= 0.6 is 11.6 Å². The average Bonchev–Trinajstić information content (AvgIpc) is 3.45. The second-order valence-corrected chi connectivity index (χ2v) is 10.4. The fraction of sp³-hybridized carbons (Fsp3) is 0.440. The second kappa shape index (κ2) is 8.34. The minimum atomic E-state index is -0.404. The molecule has 2 amide bonds. The van der Waals surface area contributed by atoms with Gasteiger partial charge in [-0.25, -0.2) is 14.4 Å². The van der Waals surface area contributed by atoms with Crippen LogP contribution in [0.5, 0.6) is 0 Å². The summed E-state index contributed by atoms with van der Waals surface area (Å²) < 4.78 is 17.2. The topological polar surface area (TPSA) is 88.9 Å². The van der Waals surface area contributed by atoms with E-state index in [1.807, 2.05) is 6.07 Å². The Balaban J connectivity index is 1.43. The lowest BCUT2D eigenvalue weighted by Crippen LogP contribution is -2.31. The highest BCUT2D eigenvalue weighted by Gasteiger charge is 2.33. The molecule has 1 aliphatic heterocycles. The van der Waals surface area contributed by atoms with Gasteiger partial charge in [0.2, 0.25) is 11.8 Å². The fourth-order valence-electron chi connectivity index (χ4n) is 5.31. The Labute approximate surface area is 202 Å². The van der Waals surface area contributed by atoms with E-state index < -0.39 is 5.82 Å². The molecule has 2 N–H and O–H groups in total. The molecule has 1 aromatic carbocycles. The first-order valence-corrected chi connectivity index (χ1v) is 12.0. The summed E-state index contributed by atoms with van der Waals surface area (Å²) in [6.45, 7) is 5.73. The standard InChI is InChI=1S/C25H27ClFN5O2/c1-13(33)29-16-5-4-14(8-16)24(34)30-21-11-17(18(26)12-28-21)15-9-19(27)23-20(10-15)32-22(31-23)6-7-25(32,2)3/h9-12,14,16H,4-8H2,1-3H3,(H,29,33)(H,28,30,34)/t14-,16+/m0/s1. The molecule has 1 aliphatic carbocycles. The van der Waals surface area contributed by atoms with E-state index in [1.54, 1.807) is 6.07 Å². The molecule has 5 rings (SSSR count). The summed E-state index contributed by atoms with van der Waals surface area (Å²) in [5, 5.41) is 6.10. The van der Waals surface area contributed by atoms with Crippen molar-refractivity contribution in [2.24, 2.45) is 5.92 Å². The molecule has 0 saturated heterocycles. The lowest BCUT2D eigenvalue weighted by atomic mass is 10.0. The number of carbonyl (C=O) groups excluding carboxylic acids is 2. The van der Waals surface area contributed by atoms with Crippen LogP contribution in [0, 0.1) is 11.7 Å². The number of imidazole rings is 1. The number of halogens is 2. The number of pyridine rings is 1. The Morgan fingerprint density at radius 2 is 2.03 bits per heavy atom. The van der Waals surface area contributed by atoms with Gasteiger partial charge < -0.3 is 15.2 Å². The molecule has 2 aromatic heterocycles. The summed E-state index contributed by atoms with van der Waals surface area (Å²) in [6, 6.07) is 5.02. The first-order chi connectivity index (χ1) is 16.1. The third-order valence-electron chi connectivity index (χ3n) is 6.98. The number of amides is 2. The van der Waals surface area contributed by atoms with E-state index in [-0.39, 0.29) is 29.3 Å². The molecule has 0 unspecified atom stereocenters. The smallest absolute Gasteiger partial charge is 0.228 e. The van der Waals surface area contributed by atoms with Crippen LogP contribution in [0.25, 0.3) is 22.2 Å². The highest BCUT2D eigenvalue weighted by molar-refractivity contribution is 6.33. The number of rotatable bonds is 4. The van der Waals surface area contributed by atoms with Gasteiger partial charge in [0.25, 0.3) is 0 Å². The molecule has 178 valence electrons. The van der Waals surface area contributed by atoms with Gasteiger partial charge in [-0.05, 0) is 63.3 Å². The number of anilines is 1. The number of carbonyl (C=O) groups is 2. The SMILES string of the molecule is CC(=O)N[C@@H]1CC[C@H](C(=O)Nc2cc(-c3cc(F)c4nc5n(c4c3)C(C)(C)CC5)c(Cl)cn2)C1. The molecule has 3 heterocycles. The molecule has 2 aliphatic rings. The monoisotopic (exact) mass is 483 g/mol. The maximum Gasteiger partial charge on any atom is 0.228 e. The van der Waals surface area contributed by atoms with Gasteiger partial charge in [0.05, 0.1) is 10.5 Å². The van der Waals surface area contributed by atoms with Gasteiger partial charge in [0.15, 0.2) is 5.82 Å². The number of hydrogen-bond donors (Lipinski definition) is 2. The molecule has 34 heavy (non-hydrogen) atoms. The van der Waals surface area contributed by atoms with Crippen molar-refractivity contribution in [2.45, 2.75) is 64.5 Å². The number of hydrogen-bond acceptors (Lipinski definition) is 4. The molecule has 1 saturated carbocycles. The summed E-state index contributed by atoms with van der Waals surface area (Å²) >= 11 is 6.45. The summed E-state index contributed by atoms with van der Waals surface area (Å²) in [5.74, 6) is 0.393. The second-order valence-electron chi connectivity index (χ2n) is 9.95. The third kappa shape index (κ3) is 4.04. The Morgan fingerprint density at radius 1 is 1.24 bits per heavy atom. The average molecular weight is 484 g/mol. The number of nitrogens with zero attached hydrogens (tertiary/aromatic N) is 3. The number of aromatic nitrogens is 3.